The second-order valence-electron chi connectivity index (χ2n) is 5.56. The van der Waals surface area contributed by atoms with Crippen molar-refractivity contribution in [3.63, 3.8) is 0 Å². The molecule has 7 nitrogen and oxygen atoms in total. The predicted octanol–water partition coefficient (Wildman–Crippen LogP) is 3.38. The molecular formula is C16H12ClF2N7. The molecule has 4 aromatic rings. The van der Waals surface area contributed by atoms with Gasteiger partial charge in [-0.15, -0.1) is 0 Å². The lowest BCUT2D eigenvalue weighted by Crippen LogP contribution is -2.06. The number of halogens is 3. The molecule has 0 aliphatic heterocycles. The molecule has 10 heteroatoms. The maximum absolute atomic E-state index is 12.8. The summed E-state index contributed by atoms with van der Waals surface area (Å²) in [7, 11) is 0. The summed E-state index contributed by atoms with van der Waals surface area (Å²) in [5.74, 6) is 0.0808. The first kappa shape index (κ1) is 16.4. The van der Waals surface area contributed by atoms with E-state index in [0.29, 0.717) is 38.6 Å². The average Bonchev–Trinajstić information content (AvgIpc) is 3.18. The van der Waals surface area contributed by atoms with Crippen LogP contribution in [0.15, 0.2) is 36.9 Å². The van der Waals surface area contributed by atoms with Gasteiger partial charge < -0.3 is 10.7 Å². The smallest absolute Gasteiger partial charge is 0.257 e. The van der Waals surface area contributed by atoms with Gasteiger partial charge in [0.25, 0.3) is 6.43 Å². The van der Waals surface area contributed by atoms with Crippen molar-refractivity contribution in [3.05, 3.63) is 41.9 Å². The first-order chi connectivity index (χ1) is 12.5. The van der Waals surface area contributed by atoms with E-state index in [2.05, 4.69) is 25.0 Å². The van der Waals surface area contributed by atoms with Gasteiger partial charge in [-0.05, 0) is 12.1 Å². The number of nitrogen functional groups attached to an aromatic ring is 1. The van der Waals surface area contributed by atoms with Gasteiger partial charge >= 0.3 is 0 Å². The van der Waals surface area contributed by atoms with Crippen molar-refractivity contribution in [2.24, 2.45) is 0 Å². The molecule has 4 heterocycles. The van der Waals surface area contributed by atoms with E-state index in [9.17, 15) is 8.78 Å². The van der Waals surface area contributed by atoms with Crippen LogP contribution in [-0.2, 0) is 6.54 Å². The van der Waals surface area contributed by atoms with Crippen LogP contribution in [0, 0.1) is 0 Å². The second kappa shape index (κ2) is 6.34. The zero-order valence-electron chi connectivity index (χ0n) is 13.2. The highest BCUT2D eigenvalue weighted by Gasteiger charge is 2.18. The van der Waals surface area contributed by atoms with Crippen LogP contribution < -0.4 is 5.73 Å². The summed E-state index contributed by atoms with van der Waals surface area (Å²) in [6.07, 6.45) is 3.69. The molecule has 0 amide bonds. The standard InChI is InChI=1S/C16H12ClF2N7/c17-11-5-23-15-9(11)3-8(4-22-15)14-10(6-26(25-14)7-13(18)19)12-1-2-21-16(20)24-12/h1-6,13H,7H2,(H,22,23)(H2,20,21,24). The van der Waals surface area contributed by atoms with Crippen LogP contribution in [0.3, 0.4) is 0 Å². The Bertz CT molecular complexity index is 1090. The van der Waals surface area contributed by atoms with E-state index in [4.69, 9.17) is 17.3 Å². The highest BCUT2D eigenvalue weighted by Crippen LogP contribution is 2.32. The number of fused-ring (bicyclic) bond motifs is 1. The minimum atomic E-state index is -2.54. The predicted molar refractivity (Wildman–Crippen MR) is 93.8 cm³/mol. The summed E-state index contributed by atoms with van der Waals surface area (Å²) in [5, 5.41) is 5.51. The largest absolute Gasteiger partial charge is 0.368 e. The van der Waals surface area contributed by atoms with Crippen LogP contribution in [0.4, 0.5) is 14.7 Å². The Morgan fingerprint density at radius 2 is 2.15 bits per heavy atom. The topological polar surface area (TPSA) is 98.3 Å². The van der Waals surface area contributed by atoms with Gasteiger partial charge in [-0.25, -0.2) is 23.7 Å². The van der Waals surface area contributed by atoms with Crippen molar-refractivity contribution >= 4 is 28.6 Å². The molecule has 3 N–H and O–H groups in total. The maximum Gasteiger partial charge on any atom is 0.257 e. The number of nitrogens with one attached hydrogen (secondary N) is 1. The molecule has 132 valence electrons. The second-order valence-corrected chi connectivity index (χ2v) is 5.97. The third-order valence-electron chi connectivity index (χ3n) is 3.79. The molecule has 0 saturated carbocycles. The third kappa shape index (κ3) is 2.97. The summed E-state index contributed by atoms with van der Waals surface area (Å²) in [5.41, 5.74) is 8.38. The maximum atomic E-state index is 12.8. The molecule has 0 fully saturated rings. The number of nitrogens with zero attached hydrogens (tertiary/aromatic N) is 5. The fourth-order valence-corrected chi connectivity index (χ4v) is 2.88. The summed E-state index contributed by atoms with van der Waals surface area (Å²) < 4.78 is 26.8. The van der Waals surface area contributed by atoms with Crippen LogP contribution in [0.1, 0.15) is 0 Å². The number of H-pyrrole nitrogens is 1. The Hall–Kier alpha value is -3.07. The first-order valence-electron chi connectivity index (χ1n) is 7.59. The van der Waals surface area contributed by atoms with Crippen molar-refractivity contribution in [2.45, 2.75) is 13.0 Å². The van der Waals surface area contributed by atoms with Gasteiger partial charge in [-0.1, -0.05) is 11.6 Å². The fourth-order valence-electron chi connectivity index (χ4n) is 2.68. The van der Waals surface area contributed by atoms with Gasteiger partial charge in [0.05, 0.1) is 10.7 Å². The quantitative estimate of drug-likeness (QED) is 0.569. The Labute approximate surface area is 150 Å². The molecule has 0 radical (unpaired) electrons. The van der Waals surface area contributed by atoms with Gasteiger partial charge in [-0.3, -0.25) is 4.68 Å². The van der Waals surface area contributed by atoms with Gasteiger partial charge in [0.2, 0.25) is 5.95 Å². The molecule has 4 rings (SSSR count). The summed E-state index contributed by atoms with van der Waals surface area (Å²) in [6, 6.07) is 3.43. The summed E-state index contributed by atoms with van der Waals surface area (Å²) in [6.45, 7) is -0.534. The van der Waals surface area contributed by atoms with E-state index in [1.165, 1.54) is 17.1 Å². The van der Waals surface area contributed by atoms with Crippen LogP contribution >= 0.6 is 11.6 Å². The fraction of sp³-hybridized carbons (Fsp3) is 0.125. The van der Waals surface area contributed by atoms with Crippen LogP contribution in [-0.4, -0.2) is 36.1 Å². The normalized spacial score (nSPS) is 11.5. The Balaban J connectivity index is 1.89. The lowest BCUT2D eigenvalue weighted by Gasteiger charge is -2.03. The average molecular weight is 376 g/mol. The molecule has 0 spiro atoms. The summed E-state index contributed by atoms with van der Waals surface area (Å²) in [4.78, 5) is 15.3. The molecule has 0 aromatic carbocycles. The number of hydrogen-bond donors (Lipinski definition) is 2. The number of anilines is 1. The molecule has 0 aliphatic carbocycles. The Morgan fingerprint density at radius 1 is 1.31 bits per heavy atom. The van der Waals surface area contributed by atoms with Crippen LogP contribution in [0.2, 0.25) is 5.02 Å². The molecule has 0 bridgehead atoms. The first-order valence-corrected chi connectivity index (χ1v) is 7.96. The minimum Gasteiger partial charge on any atom is -0.368 e. The van der Waals surface area contributed by atoms with Gasteiger partial charge in [-0.2, -0.15) is 5.10 Å². The Morgan fingerprint density at radius 3 is 2.92 bits per heavy atom. The molecule has 26 heavy (non-hydrogen) atoms. The van der Waals surface area contributed by atoms with Crippen molar-refractivity contribution in [2.75, 3.05) is 5.73 Å². The zero-order chi connectivity index (χ0) is 18.3. The SMILES string of the molecule is Nc1nccc(-c2cn(CC(F)F)nc2-c2cnc3[nH]cc(Cl)c3c2)n1. The van der Waals surface area contributed by atoms with Crippen molar-refractivity contribution in [3.8, 4) is 22.5 Å². The molecule has 0 aliphatic rings. The van der Waals surface area contributed by atoms with E-state index in [1.54, 1.807) is 24.5 Å². The molecule has 0 atom stereocenters. The molecule has 0 unspecified atom stereocenters. The van der Waals surface area contributed by atoms with Gasteiger partial charge in [0, 0.05) is 41.3 Å². The molecule has 4 aromatic heterocycles. The zero-order valence-corrected chi connectivity index (χ0v) is 14.0. The number of hydrogen-bond acceptors (Lipinski definition) is 5. The highest BCUT2D eigenvalue weighted by molar-refractivity contribution is 6.35. The van der Waals surface area contributed by atoms with Crippen LogP contribution in [0.25, 0.3) is 33.5 Å². The number of pyridine rings is 1. The third-order valence-corrected chi connectivity index (χ3v) is 4.10. The highest BCUT2D eigenvalue weighted by atomic mass is 35.5. The van der Waals surface area contributed by atoms with Crippen molar-refractivity contribution in [1.29, 1.82) is 0 Å². The lowest BCUT2D eigenvalue weighted by atomic mass is 10.1. The molecule has 0 saturated heterocycles. The van der Waals surface area contributed by atoms with Crippen LogP contribution in [0.5, 0.6) is 0 Å². The number of nitrogens with two attached hydrogens (primary N) is 1. The van der Waals surface area contributed by atoms with Crippen molar-refractivity contribution in [1.82, 2.24) is 29.7 Å². The Kier molecular flexibility index (Phi) is 4.00. The number of aromatic nitrogens is 6. The number of alkyl halides is 2. The van der Waals surface area contributed by atoms with Gasteiger partial charge in [0.1, 0.15) is 17.9 Å². The monoisotopic (exact) mass is 375 g/mol. The minimum absolute atomic E-state index is 0.0808. The van der Waals surface area contributed by atoms with E-state index in [0.717, 1.165) is 0 Å². The molecular weight excluding hydrogens is 364 g/mol. The van der Waals surface area contributed by atoms with E-state index in [1.807, 2.05) is 0 Å². The van der Waals surface area contributed by atoms with E-state index >= 15 is 0 Å². The number of rotatable bonds is 4. The lowest BCUT2D eigenvalue weighted by molar-refractivity contribution is 0.122. The van der Waals surface area contributed by atoms with E-state index < -0.39 is 13.0 Å². The van der Waals surface area contributed by atoms with Gasteiger partial charge in [0.15, 0.2) is 0 Å². The van der Waals surface area contributed by atoms with E-state index in [-0.39, 0.29) is 5.95 Å². The number of aromatic amines is 1. The summed E-state index contributed by atoms with van der Waals surface area (Å²) >= 11 is 6.15. The van der Waals surface area contributed by atoms with Crippen molar-refractivity contribution < 1.29 is 8.78 Å².